The van der Waals surface area contributed by atoms with Gasteiger partial charge >= 0.3 is 5.97 Å². The van der Waals surface area contributed by atoms with E-state index >= 15 is 0 Å². The molecule has 1 aliphatic carbocycles. The van der Waals surface area contributed by atoms with E-state index in [9.17, 15) is 13.6 Å². The second kappa shape index (κ2) is 20.0. The van der Waals surface area contributed by atoms with Gasteiger partial charge in [-0.1, -0.05) is 139 Å². The number of rotatable bonds is 20. The van der Waals surface area contributed by atoms with Crippen LogP contribution in [-0.4, -0.2) is 18.5 Å². The Balaban J connectivity index is 2.22. The molecule has 0 fully saturated rings. The highest BCUT2D eigenvalue weighted by molar-refractivity contribution is 5.69. The number of allylic oxidation sites excluding steroid dienone is 9. The monoisotopic (exact) mass is 560 g/mol. The van der Waals surface area contributed by atoms with E-state index in [1.165, 1.54) is 70.6 Å². The van der Waals surface area contributed by atoms with Crippen LogP contribution < -0.4 is 0 Å². The van der Waals surface area contributed by atoms with E-state index in [1.807, 2.05) is 64.2 Å². The maximum atomic E-state index is 14.2. The molecule has 0 radical (unpaired) electrons. The summed E-state index contributed by atoms with van der Waals surface area (Å²) in [6, 6.07) is 0. The van der Waals surface area contributed by atoms with E-state index in [1.54, 1.807) is 6.92 Å². The van der Waals surface area contributed by atoms with Crippen molar-refractivity contribution in [3.05, 3.63) is 58.7 Å². The summed E-state index contributed by atoms with van der Waals surface area (Å²) in [5, 5.41) is 0. The number of carbonyl (C=O) groups excluding carboxylic acids is 1. The lowest BCUT2D eigenvalue weighted by atomic mass is 9.71. The van der Waals surface area contributed by atoms with Gasteiger partial charge in [0.25, 0.3) is 5.92 Å². The summed E-state index contributed by atoms with van der Waals surface area (Å²) in [6.45, 7) is 12.1. The number of hydrogen-bond donors (Lipinski definition) is 0. The molecule has 0 bridgehead atoms. The number of hydrogen-bond acceptors (Lipinski definition) is 2. The Morgan fingerprint density at radius 3 is 1.95 bits per heavy atom. The fourth-order valence-electron chi connectivity index (χ4n) is 5.16. The van der Waals surface area contributed by atoms with Crippen molar-refractivity contribution in [3.63, 3.8) is 0 Å². The maximum absolute atomic E-state index is 14.2. The minimum Gasteiger partial charge on any atom is -0.461 e. The number of alkyl halides is 2. The van der Waals surface area contributed by atoms with Gasteiger partial charge in [-0.2, -0.15) is 0 Å². The second-order valence-corrected chi connectivity index (χ2v) is 12.4. The zero-order valence-corrected chi connectivity index (χ0v) is 26.6. The maximum Gasteiger partial charge on any atom is 0.306 e. The average Bonchev–Trinajstić information content (AvgIpc) is 2.89. The standard InChI is InChI=1S/C36H58F2O2/c1-7-8-9-10-11-12-13-14-15-16-17-18-19-23-34(39)40-29-26-31(3)22-20-21-30(2)24-25-33-32(4)36(37,38)28-27-35(33,5)6/h20-22,24-26H,7-19,23,27-29H2,1-6H3/b22-20+,25-24+,30-21-,31-26-. The molecule has 0 saturated heterocycles. The molecule has 0 amide bonds. The third kappa shape index (κ3) is 15.7. The highest BCUT2D eigenvalue weighted by atomic mass is 19.3. The Morgan fingerprint density at radius 2 is 1.38 bits per heavy atom. The smallest absolute Gasteiger partial charge is 0.306 e. The van der Waals surface area contributed by atoms with Crippen LogP contribution in [0, 0.1) is 5.41 Å². The van der Waals surface area contributed by atoms with Crippen LogP contribution in [0.2, 0.25) is 0 Å². The Labute approximate surface area is 245 Å². The van der Waals surface area contributed by atoms with Gasteiger partial charge in [0.05, 0.1) is 0 Å². The van der Waals surface area contributed by atoms with E-state index in [-0.39, 0.29) is 30.0 Å². The topological polar surface area (TPSA) is 26.3 Å². The molecule has 1 aliphatic rings. The number of ether oxygens (including phenoxy) is 1. The highest BCUT2D eigenvalue weighted by Gasteiger charge is 2.42. The Bertz CT molecular complexity index is 886. The molecule has 0 aromatic heterocycles. The van der Waals surface area contributed by atoms with Crippen molar-refractivity contribution < 1.29 is 18.3 Å². The molecule has 1 rings (SSSR count). The van der Waals surface area contributed by atoms with Crippen LogP contribution in [0.25, 0.3) is 0 Å². The summed E-state index contributed by atoms with van der Waals surface area (Å²) >= 11 is 0. The van der Waals surface area contributed by atoms with Gasteiger partial charge in [-0.25, -0.2) is 8.78 Å². The molecule has 228 valence electrons. The first-order chi connectivity index (χ1) is 19.0. The fourth-order valence-corrected chi connectivity index (χ4v) is 5.16. The van der Waals surface area contributed by atoms with Crippen LogP contribution in [0.1, 0.15) is 144 Å². The lowest BCUT2D eigenvalue weighted by molar-refractivity contribution is -0.142. The van der Waals surface area contributed by atoms with Crippen molar-refractivity contribution in [2.75, 3.05) is 6.61 Å². The van der Waals surface area contributed by atoms with E-state index < -0.39 is 5.92 Å². The molecule has 0 aliphatic heterocycles. The second-order valence-electron chi connectivity index (χ2n) is 12.4. The van der Waals surface area contributed by atoms with Crippen LogP contribution >= 0.6 is 0 Å². The summed E-state index contributed by atoms with van der Waals surface area (Å²) in [4.78, 5) is 12.0. The molecule has 4 heteroatoms. The zero-order valence-electron chi connectivity index (χ0n) is 26.6. The number of esters is 1. The summed E-state index contributed by atoms with van der Waals surface area (Å²) in [5.74, 6) is -2.84. The van der Waals surface area contributed by atoms with Crippen molar-refractivity contribution in [2.45, 2.75) is 150 Å². The van der Waals surface area contributed by atoms with Gasteiger partial charge in [0, 0.05) is 12.8 Å². The lowest BCUT2D eigenvalue weighted by Gasteiger charge is -2.37. The van der Waals surface area contributed by atoms with Crippen LogP contribution in [0.4, 0.5) is 8.78 Å². The first kappa shape index (κ1) is 36.1. The highest BCUT2D eigenvalue weighted by Crippen LogP contribution is 2.47. The largest absolute Gasteiger partial charge is 0.461 e. The minimum absolute atomic E-state index is 0.0822. The van der Waals surface area contributed by atoms with Gasteiger partial charge in [0.2, 0.25) is 0 Å². The Hall–Kier alpha value is -1.97. The van der Waals surface area contributed by atoms with E-state index in [0.29, 0.717) is 12.8 Å². The van der Waals surface area contributed by atoms with Crippen molar-refractivity contribution >= 4 is 5.97 Å². The number of unbranched alkanes of at least 4 members (excludes halogenated alkanes) is 12. The van der Waals surface area contributed by atoms with Crippen LogP contribution in [0.5, 0.6) is 0 Å². The Morgan fingerprint density at radius 1 is 0.825 bits per heavy atom. The predicted molar refractivity (Wildman–Crippen MR) is 168 cm³/mol. The van der Waals surface area contributed by atoms with Crippen molar-refractivity contribution in [3.8, 4) is 0 Å². The molecule has 0 atom stereocenters. The van der Waals surface area contributed by atoms with Gasteiger partial charge < -0.3 is 4.74 Å². The van der Waals surface area contributed by atoms with Gasteiger partial charge in [0.1, 0.15) is 6.61 Å². The molecule has 0 saturated carbocycles. The molecule has 2 nitrogen and oxygen atoms in total. The third-order valence-electron chi connectivity index (χ3n) is 8.11. The van der Waals surface area contributed by atoms with Gasteiger partial charge in [-0.15, -0.1) is 0 Å². The molecular formula is C36H58F2O2. The Kier molecular flexibility index (Phi) is 18.0. The molecule has 0 aromatic rings. The van der Waals surface area contributed by atoms with Crippen LogP contribution in [0.15, 0.2) is 58.7 Å². The summed E-state index contributed by atoms with van der Waals surface area (Å²) < 4.78 is 33.7. The first-order valence-corrected chi connectivity index (χ1v) is 15.9. The predicted octanol–water partition coefficient (Wildman–Crippen LogP) is 11.8. The van der Waals surface area contributed by atoms with Crippen molar-refractivity contribution in [1.29, 1.82) is 0 Å². The lowest BCUT2D eigenvalue weighted by Crippen LogP contribution is -2.31. The van der Waals surface area contributed by atoms with Crippen LogP contribution in [0.3, 0.4) is 0 Å². The zero-order chi connectivity index (χ0) is 29.9. The van der Waals surface area contributed by atoms with E-state index in [4.69, 9.17) is 4.74 Å². The van der Waals surface area contributed by atoms with E-state index in [2.05, 4.69) is 6.92 Å². The fraction of sp³-hybridized carbons (Fsp3) is 0.694. The van der Waals surface area contributed by atoms with E-state index in [0.717, 1.165) is 29.6 Å². The summed E-state index contributed by atoms with van der Waals surface area (Å²) in [7, 11) is 0. The van der Waals surface area contributed by atoms with Gasteiger partial charge in [-0.05, 0) is 56.3 Å². The quantitative estimate of drug-likeness (QED) is 0.0841. The molecule has 0 N–H and O–H groups in total. The third-order valence-corrected chi connectivity index (χ3v) is 8.11. The molecule has 40 heavy (non-hydrogen) atoms. The number of carbonyl (C=O) groups is 1. The summed E-state index contributed by atoms with van der Waals surface area (Å²) in [6.07, 6.45) is 29.2. The first-order valence-electron chi connectivity index (χ1n) is 15.9. The molecule has 0 spiro atoms. The van der Waals surface area contributed by atoms with Crippen molar-refractivity contribution in [2.24, 2.45) is 5.41 Å². The molecule has 0 unspecified atom stereocenters. The van der Waals surface area contributed by atoms with Gasteiger partial charge in [0.15, 0.2) is 0 Å². The SMILES string of the molecule is CCCCCCCCCCCCCCCC(=O)OC\C=C(C)/C=C/C=C(C)\C=C\C1=C(C)C(F)(F)CCC1(C)C. The number of halogens is 2. The van der Waals surface area contributed by atoms with Gasteiger partial charge in [-0.3, -0.25) is 4.79 Å². The normalized spacial score (nSPS) is 17.8. The molecular weight excluding hydrogens is 502 g/mol. The van der Waals surface area contributed by atoms with Crippen molar-refractivity contribution in [1.82, 2.24) is 0 Å². The molecule has 0 heterocycles. The summed E-state index contributed by atoms with van der Waals surface area (Å²) in [5.41, 5.74) is 2.66. The van der Waals surface area contributed by atoms with Crippen LogP contribution in [-0.2, 0) is 9.53 Å². The molecule has 0 aromatic carbocycles. The average molecular weight is 561 g/mol. The minimum atomic E-state index is -2.72.